The Morgan fingerprint density at radius 2 is 1.86 bits per heavy atom. The maximum atomic E-state index is 12.0. The van der Waals surface area contributed by atoms with Crippen LogP contribution in [-0.4, -0.2) is 18.0 Å². The lowest BCUT2D eigenvalue weighted by Gasteiger charge is -2.05. The van der Waals surface area contributed by atoms with Crippen molar-refractivity contribution in [1.82, 2.24) is 4.98 Å². The summed E-state index contributed by atoms with van der Waals surface area (Å²) >= 11 is 0. The molecule has 0 spiro atoms. The van der Waals surface area contributed by atoms with Crippen LogP contribution >= 0.6 is 0 Å². The maximum Gasteiger partial charge on any atom is 0.417 e. The van der Waals surface area contributed by atoms with Gasteiger partial charge in [-0.05, 0) is 6.07 Å². The molecule has 0 aliphatic rings. The van der Waals surface area contributed by atoms with Gasteiger partial charge in [0, 0.05) is 12.4 Å². The van der Waals surface area contributed by atoms with Crippen LogP contribution in [0.25, 0.3) is 0 Å². The first-order valence-electron chi connectivity index (χ1n) is 3.21. The Balaban J connectivity index is 3.29. The maximum absolute atomic E-state index is 12.0. The van der Waals surface area contributed by atoms with Crippen molar-refractivity contribution in [3.05, 3.63) is 24.0 Å². The monoisotopic (exact) mass is 227 g/mol. The van der Waals surface area contributed by atoms with E-state index >= 15 is 0 Å². The third-order valence-corrected chi connectivity index (χ3v) is 2.16. The zero-order chi connectivity index (χ0) is 11.0. The molecule has 4 nitrogen and oxygen atoms in total. The number of rotatable bonds is 1. The van der Waals surface area contributed by atoms with E-state index in [0.29, 0.717) is 18.5 Å². The largest absolute Gasteiger partial charge is 0.417 e. The van der Waals surface area contributed by atoms with Gasteiger partial charge in [-0.1, -0.05) is 0 Å². The van der Waals surface area contributed by atoms with E-state index < -0.39 is 26.8 Å². The van der Waals surface area contributed by atoms with Crippen LogP contribution in [0.5, 0.6) is 0 Å². The number of hydrogen-bond donors (Lipinski definition) is 1. The molecule has 0 saturated carbocycles. The van der Waals surface area contributed by atoms with Crippen LogP contribution < -0.4 is 0 Å². The van der Waals surface area contributed by atoms with Crippen molar-refractivity contribution < 1.29 is 26.1 Å². The van der Waals surface area contributed by atoms with Crippen molar-refractivity contribution >= 4 is 10.1 Å². The van der Waals surface area contributed by atoms with Crippen molar-refractivity contribution in [3.8, 4) is 0 Å². The molecule has 0 aromatic carbocycles. The summed E-state index contributed by atoms with van der Waals surface area (Å²) in [5, 5.41) is 0. The predicted molar refractivity (Wildman–Crippen MR) is 39.1 cm³/mol. The number of aromatic nitrogens is 1. The van der Waals surface area contributed by atoms with Gasteiger partial charge in [-0.2, -0.15) is 21.6 Å². The van der Waals surface area contributed by atoms with Crippen LogP contribution in [0.4, 0.5) is 13.2 Å². The summed E-state index contributed by atoms with van der Waals surface area (Å²) < 4.78 is 65.5. The Kier molecular flexibility index (Phi) is 2.50. The minimum atomic E-state index is -4.69. The zero-order valence-electron chi connectivity index (χ0n) is 6.49. The quantitative estimate of drug-likeness (QED) is 0.735. The summed E-state index contributed by atoms with van der Waals surface area (Å²) in [5.74, 6) is 0. The Morgan fingerprint density at radius 3 is 2.29 bits per heavy atom. The smallest absolute Gasteiger partial charge is 0.282 e. The summed E-state index contributed by atoms with van der Waals surface area (Å²) in [4.78, 5) is 2.18. The Hall–Kier alpha value is -1.15. The third-order valence-electron chi connectivity index (χ3n) is 1.34. The van der Waals surface area contributed by atoms with Crippen molar-refractivity contribution in [2.75, 3.05) is 0 Å². The molecule has 0 amide bonds. The van der Waals surface area contributed by atoms with Gasteiger partial charge in [-0.15, -0.1) is 0 Å². The highest BCUT2D eigenvalue weighted by atomic mass is 32.2. The van der Waals surface area contributed by atoms with Gasteiger partial charge >= 0.3 is 6.18 Å². The van der Waals surface area contributed by atoms with Gasteiger partial charge in [0.25, 0.3) is 10.1 Å². The molecule has 0 unspecified atom stereocenters. The molecule has 0 radical (unpaired) electrons. The van der Waals surface area contributed by atoms with Crippen molar-refractivity contribution in [3.63, 3.8) is 0 Å². The summed E-state index contributed by atoms with van der Waals surface area (Å²) in [7, 11) is -4.65. The topological polar surface area (TPSA) is 67.3 Å². The average Bonchev–Trinajstić information content (AvgIpc) is 2.01. The molecule has 1 aromatic rings. The average molecular weight is 227 g/mol. The fraction of sp³-hybridized carbons (Fsp3) is 0.167. The van der Waals surface area contributed by atoms with E-state index in [1.54, 1.807) is 0 Å². The molecule has 1 rings (SSSR count). The lowest BCUT2D eigenvalue weighted by Crippen LogP contribution is -2.08. The first kappa shape index (κ1) is 10.9. The molecular formula is C6H4F3NO3S. The highest BCUT2D eigenvalue weighted by molar-refractivity contribution is 7.85. The summed E-state index contributed by atoms with van der Waals surface area (Å²) in [6, 6.07) is 0.308. The molecule has 0 atom stereocenters. The minimum Gasteiger partial charge on any atom is -0.282 e. The van der Waals surface area contributed by atoms with Crippen LogP contribution in [0, 0.1) is 0 Å². The van der Waals surface area contributed by atoms with Crippen LogP contribution in [-0.2, 0) is 16.3 Å². The summed E-state index contributed by atoms with van der Waals surface area (Å²) in [6.45, 7) is 0. The fourth-order valence-corrected chi connectivity index (χ4v) is 1.18. The Bertz CT molecular complexity index is 440. The number of nitrogens with zero attached hydrogens (tertiary/aromatic N) is 1. The lowest BCUT2D eigenvalue weighted by atomic mass is 10.3. The molecule has 14 heavy (non-hydrogen) atoms. The normalized spacial score (nSPS) is 12.9. The molecule has 1 heterocycles. The molecule has 0 aliphatic carbocycles. The predicted octanol–water partition coefficient (Wildman–Crippen LogP) is 1.35. The van der Waals surface area contributed by atoms with Crippen LogP contribution in [0.15, 0.2) is 23.4 Å². The summed E-state index contributed by atoms with van der Waals surface area (Å²) in [6.07, 6.45) is -3.59. The van der Waals surface area contributed by atoms with E-state index in [-0.39, 0.29) is 0 Å². The molecule has 0 fully saturated rings. The number of pyridine rings is 1. The second-order valence-corrected chi connectivity index (χ2v) is 3.80. The van der Waals surface area contributed by atoms with Crippen molar-refractivity contribution in [2.24, 2.45) is 0 Å². The molecule has 8 heteroatoms. The molecule has 1 N–H and O–H groups in total. The fourth-order valence-electron chi connectivity index (χ4n) is 0.715. The Labute approximate surface area is 77.1 Å². The number of alkyl halides is 3. The molecule has 1 aromatic heterocycles. The number of hydrogen-bond acceptors (Lipinski definition) is 3. The first-order valence-corrected chi connectivity index (χ1v) is 4.65. The van der Waals surface area contributed by atoms with Crippen molar-refractivity contribution in [2.45, 2.75) is 11.1 Å². The van der Waals surface area contributed by atoms with Gasteiger partial charge in [0.15, 0.2) is 0 Å². The SMILES string of the molecule is O=S(=O)(O)c1cncc(C(F)(F)F)c1. The Morgan fingerprint density at radius 1 is 1.29 bits per heavy atom. The minimum absolute atomic E-state index is 0.308. The van der Waals surface area contributed by atoms with E-state index in [4.69, 9.17) is 4.55 Å². The van der Waals surface area contributed by atoms with E-state index in [0.717, 1.165) is 0 Å². The highest BCUT2D eigenvalue weighted by Gasteiger charge is 2.32. The first-order chi connectivity index (χ1) is 6.21. The van der Waals surface area contributed by atoms with E-state index in [9.17, 15) is 21.6 Å². The third kappa shape index (κ3) is 2.42. The second kappa shape index (κ2) is 3.21. The molecule has 78 valence electrons. The van der Waals surface area contributed by atoms with Gasteiger partial charge in [-0.3, -0.25) is 9.54 Å². The second-order valence-electron chi connectivity index (χ2n) is 2.38. The molecular weight excluding hydrogens is 223 g/mol. The van der Waals surface area contributed by atoms with Crippen LogP contribution in [0.1, 0.15) is 5.56 Å². The summed E-state index contributed by atoms with van der Waals surface area (Å²) in [5.41, 5.74) is -1.23. The molecule has 0 saturated heterocycles. The van der Waals surface area contributed by atoms with Crippen LogP contribution in [0.3, 0.4) is 0 Å². The van der Waals surface area contributed by atoms with Gasteiger partial charge in [0.05, 0.1) is 5.56 Å². The van der Waals surface area contributed by atoms with Crippen molar-refractivity contribution in [1.29, 1.82) is 0 Å². The highest BCUT2D eigenvalue weighted by Crippen LogP contribution is 2.29. The van der Waals surface area contributed by atoms with E-state index in [1.807, 2.05) is 0 Å². The van der Waals surface area contributed by atoms with Gasteiger partial charge < -0.3 is 0 Å². The van der Waals surface area contributed by atoms with Gasteiger partial charge in [0.2, 0.25) is 0 Å². The van der Waals surface area contributed by atoms with E-state index in [2.05, 4.69) is 4.98 Å². The zero-order valence-corrected chi connectivity index (χ0v) is 7.30. The molecule has 0 bridgehead atoms. The number of halogens is 3. The lowest BCUT2D eigenvalue weighted by molar-refractivity contribution is -0.138. The van der Waals surface area contributed by atoms with Gasteiger partial charge in [-0.25, -0.2) is 0 Å². The molecule has 0 aliphatic heterocycles. The standard InChI is InChI=1S/C6H4F3NO3S/c7-6(8,9)4-1-5(3-10-2-4)14(11,12)13/h1-3H,(H,11,12,13). The van der Waals surface area contributed by atoms with Crippen LogP contribution in [0.2, 0.25) is 0 Å². The van der Waals surface area contributed by atoms with E-state index in [1.165, 1.54) is 0 Å². The van der Waals surface area contributed by atoms with Gasteiger partial charge in [0.1, 0.15) is 4.90 Å².